The van der Waals surface area contributed by atoms with Crippen LogP contribution in [0, 0.1) is 5.41 Å². The Labute approximate surface area is 140 Å². The number of carbonyl (C=O) groups is 1. The smallest absolute Gasteiger partial charge is 0.349 e. The first-order valence-corrected chi connectivity index (χ1v) is 7.59. The molecular weight excluding hydrogens is 316 g/mol. The van der Waals surface area contributed by atoms with Crippen molar-refractivity contribution >= 4 is 29.3 Å². The van der Waals surface area contributed by atoms with Gasteiger partial charge in [0.15, 0.2) is 0 Å². The second-order valence-corrected chi connectivity index (χ2v) is 6.26. The Hall–Kier alpha value is -1.85. The third-order valence-electron chi connectivity index (χ3n) is 4.25. The van der Waals surface area contributed by atoms with Crippen LogP contribution in [-0.2, 0) is 0 Å². The van der Waals surface area contributed by atoms with Gasteiger partial charge in [0, 0.05) is 18.5 Å². The topological polar surface area (TPSA) is 71.3 Å². The number of amides is 1. The lowest BCUT2D eigenvalue weighted by Crippen LogP contribution is -2.46. The second-order valence-electron chi connectivity index (χ2n) is 6.26. The monoisotopic (exact) mass is 336 g/mol. The molecule has 1 aromatic heterocycles. The number of hydrogen-bond donors (Lipinski definition) is 2. The van der Waals surface area contributed by atoms with Gasteiger partial charge in [0.1, 0.15) is 11.1 Å². The molecule has 1 aliphatic rings. The Bertz CT molecular complexity index is 751. The van der Waals surface area contributed by atoms with E-state index in [1.807, 2.05) is 12.1 Å². The normalized spacial score (nSPS) is 20.7. The summed E-state index contributed by atoms with van der Waals surface area (Å²) in [6.45, 7) is 4.59. The number of hydrogen-bond acceptors (Lipinski definition) is 4. The minimum absolute atomic E-state index is 0. The molecule has 2 N–H and O–H groups in total. The van der Waals surface area contributed by atoms with Crippen LogP contribution < -0.4 is 16.3 Å². The van der Waals surface area contributed by atoms with Gasteiger partial charge in [-0.1, -0.05) is 25.1 Å². The molecule has 1 saturated heterocycles. The molecule has 1 atom stereocenters. The van der Waals surface area contributed by atoms with Gasteiger partial charge in [-0.25, -0.2) is 4.79 Å². The molecule has 0 bridgehead atoms. The third kappa shape index (κ3) is 3.92. The standard InChI is InChI=1S/C17H20N2O3.ClH/c1-17(7-4-8-18-10-17)11-19-15(20)13-9-12-5-2-3-6-14(12)22-16(13)21;/h2-3,5-6,9,18H,4,7-8,10-11H2,1H3,(H,19,20);1H. The van der Waals surface area contributed by atoms with E-state index in [4.69, 9.17) is 4.42 Å². The van der Waals surface area contributed by atoms with Crippen molar-refractivity contribution in [1.82, 2.24) is 10.6 Å². The molecule has 2 aromatic rings. The Morgan fingerprint density at radius 3 is 2.91 bits per heavy atom. The summed E-state index contributed by atoms with van der Waals surface area (Å²) < 4.78 is 5.20. The summed E-state index contributed by atoms with van der Waals surface area (Å²) in [4.78, 5) is 24.3. The number of benzene rings is 1. The van der Waals surface area contributed by atoms with Gasteiger partial charge < -0.3 is 15.1 Å². The number of para-hydroxylation sites is 1. The van der Waals surface area contributed by atoms with Crippen LogP contribution in [0.1, 0.15) is 30.1 Å². The minimum atomic E-state index is -0.594. The molecule has 5 nitrogen and oxygen atoms in total. The molecule has 23 heavy (non-hydrogen) atoms. The maximum Gasteiger partial charge on any atom is 0.349 e. The van der Waals surface area contributed by atoms with E-state index in [1.165, 1.54) is 0 Å². The summed E-state index contributed by atoms with van der Waals surface area (Å²) in [5.41, 5.74) is -0.00742. The molecule has 1 amide bonds. The highest BCUT2D eigenvalue weighted by Gasteiger charge is 2.27. The molecule has 0 radical (unpaired) electrons. The third-order valence-corrected chi connectivity index (χ3v) is 4.25. The lowest BCUT2D eigenvalue weighted by Gasteiger charge is -2.34. The lowest BCUT2D eigenvalue weighted by atomic mass is 9.83. The molecule has 1 unspecified atom stereocenters. The maximum atomic E-state index is 12.3. The molecule has 0 spiro atoms. The van der Waals surface area contributed by atoms with Crippen LogP contribution >= 0.6 is 12.4 Å². The minimum Gasteiger partial charge on any atom is -0.422 e. The van der Waals surface area contributed by atoms with Crippen LogP contribution in [0.5, 0.6) is 0 Å². The summed E-state index contributed by atoms with van der Waals surface area (Å²) in [5.74, 6) is -0.369. The lowest BCUT2D eigenvalue weighted by molar-refractivity contribution is 0.0921. The zero-order valence-corrected chi connectivity index (χ0v) is 13.9. The van der Waals surface area contributed by atoms with E-state index in [-0.39, 0.29) is 29.3 Å². The number of carbonyl (C=O) groups excluding carboxylic acids is 1. The van der Waals surface area contributed by atoms with Crippen molar-refractivity contribution in [3.8, 4) is 0 Å². The highest BCUT2D eigenvalue weighted by molar-refractivity contribution is 5.96. The van der Waals surface area contributed by atoms with Crippen molar-refractivity contribution in [3.63, 3.8) is 0 Å². The molecule has 0 aliphatic carbocycles. The first kappa shape index (κ1) is 17.5. The molecule has 124 valence electrons. The van der Waals surface area contributed by atoms with E-state index < -0.39 is 5.63 Å². The SMILES string of the molecule is CC1(CNC(=O)c2cc3ccccc3oc2=O)CCCNC1.Cl. The molecular formula is C17H21ClN2O3. The number of piperidine rings is 1. The predicted octanol–water partition coefficient (Wildman–Crippen LogP) is 2.33. The van der Waals surface area contributed by atoms with Crippen molar-refractivity contribution < 1.29 is 9.21 Å². The average molecular weight is 337 g/mol. The van der Waals surface area contributed by atoms with Crippen molar-refractivity contribution in [2.24, 2.45) is 5.41 Å². The Morgan fingerprint density at radius 1 is 1.39 bits per heavy atom. The fraction of sp³-hybridized carbons (Fsp3) is 0.412. The van der Waals surface area contributed by atoms with Gasteiger partial charge in [-0.05, 0) is 36.9 Å². The van der Waals surface area contributed by atoms with Gasteiger partial charge >= 0.3 is 5.63 Å². The quantitative estimate of drug-likeness (QED) is 0.844. The molecule has 1 aliphatic heterocycles. The summed E-state index contributed by atoms with van der Waals surface area (Å²) in [6.07, 6.45) is 2.16. The molecule has 6 heteroatoms. The Kier molecular flexibility index (Phi) is 5.44. The zero-order valence-electron chi connectivity index (χ0n) is 13.1. The van der Waals surface area contributed by atoms with Crippen LogP contribution in [0.25, 0.3) is 11.0 Å². The highest BCUT2D eigenvalue weighted by Crippen LogP contribution is 2.24. The average Bonchev–Trinajstić information content (AvgIpc) is 2.53. The van der Waals surface area contributed by atoms with E-state index in [0.29, 0.717) is 12.1 Å². The van der Waals surface area contributed by atoms with Crippen LogP contribution in [0.15, 0.2) is 39.5 Å². The second kappa shape index (κ2) is 7.15. The van der Waals surface area contributed by atoms with Gasteiger partial charge in [0.2, 0.25) is 0 Å². The summed E-state index contributed by atoms with van der Waals surface area (Å²) >= 11 is 0. The van der Waals surface area contributed by atoms with E-state index in [0.717, 1.165) is 31.3 Å². The summed E-state index contributed by atoms with van der Waals surface area (Å²) in [6, 6.07) is 8.77. The van der Waals surface area contributed by atoms with Crippen LogP contribution in [-0.4, -0.2) is 25.5 Å². The van der Waals surface area contributed by atoms with Gasteiger partial charge in [0.25, 0.3) is 5.91 Å². The Balaban J connectivity index is 0.00000192. The number of halogens is 1. The predicted molar refractivity (Wildman–Crippen MR) is 92.3 cm³/mol. The maximum absolute atomic E-state index is 12.3. The fourth-order valence-corrected chi connectivity index (χ4v) is 2.88. The van der Waals surface area contributed by atoms with Crippen LogP contribution in [0.4, 0.5) is 0 Å². The van der Waals surface area contributed by atoms with Gasteiger partial charge in [-0.15, -0.1) is 12.4 Å². The highest BCUT2D eigenvalue weighted by atomic mass is 35.5. The van der Waals surface area contributed by atoms with E-state index in [9.17, 15) is 9.59 Å². The first-order chi connectivity index (χ1) is 10.6. The molecule has 3 rings (SSSR count). The van der Waals surface area contributed by atoms with Crippen molar-refractivity contribution in [2.45, 2.75) is 19.8 Å². The first-order valence-electron chi connectivity index (χ1n) is 7.59. The summed E-state index contributed by atoms with van der Waals surface area (Å²) in [7, 11) is 0. The largest absolute Gasteiger partial charge is 0.422 e. The van der Waals surface area contributed by atoms with E-state index >= 15 is 0 Å². The van der Waals surface area contributed by atoms with E-state index in [2.05, 4.69) is 17.6 Å². The van der Waals surface area contributed by atoms with Crippen LogP contribution in [0.3, 0.4) is 0 Å². The molecule has 2 heterocycles. The zero-order chi connectivity index (χ0) is 15.6. The van der Waals surface area contributed by atoms with Crippen molar-refractivity contribution in [2.75, 3.05) is 19.6 Å². The fourth-order valence-electron chi connectivity index (χ4n) is 2.88. The molecule has 1 aromatic carbocycles. The number of fused-ring (bicyclic) bond motifs is 1. The van der Waals surface area contributed by atoms with Crippen molar-refractivity contribution in [1.29, 1.82) is 0 Å². The summed E-state index contributed by atoms with van der Waals surface area (Å²) in [5, 5.41) is 6.97. The van der Waals surface area contributed by atoms with E-state index in [1.54, 1.807) is 18.2 Å². The number of nitrogens with one attached hydrogen (secondary N) is 2. The van der Waals surface area contributed by atoms with Gasteiger partial charge in [-0.3, -0.25) is 4.79 Å². The number of rotatable bonds is 3. The molecule has 1 fully saturated rings. The van der Waals surface area contributed by atoms with Gasteiger partial charge in [0.05, 0.1) is 0 Å². The van der Waals surface area contributed by atoms with Crippen LogP contribution in [0.2, 0.25) is 0 Å². The van der Waals surface area contributed by atoms with Gasteiger partial charge in [-0.2, -0.15) is 0 Å². The Morgan fingerprint density at radius 2 is 2.17 bits per heavy atom. The molecule has 0 saturated carbocycles. The van der Waals surface area contributed by atoms with Crippen molar-refractivity contribution in [3.05, 3.63) is 46.3 Å².